The zero-order valence-corrected chi connectivity index (χ0v) is 25.6. The molecule has 0 aliphatic carbocycles. The minimum atomic E-state index is -0.659. The Labute approximate surface area is 270 Å². The van der Waals surface area contributed by atoms with Crippen molar-refractivity contribution in [2.24, 2.45) is 0 Å². The van der Waals surface area contributed by atoms with Gasteiger partial charge in [-0.05, 0) is 92.1 Å². The van der Waals surface area contributed by atoms with E-state index in [0.717, 1.165) is 12.2 Å². The van der Waals surface area contributed by atoms with Gasteiger partial charge in [0.1, 0.15) is 23.0 Å². The summed E-state index contributed by atoms with van der Waals surface area (Å²) in [6.45, 7) is 8.36. The average Bonchev–Trinajstić information content (AvgIpc) is 3.06. The number of ether oxygens (including phenoxy) is 6. The summed E-state index contributed by atoms with van der Waals surface area (Å²) < 4.78 is 30.9. The fourth-order valence-electron chi connectivity index (χ4n) is 3.70. The van der Waals surface area contributed by atoms with Gasteiger partial charge in [0.2, 0.25) is 0 Å². The van der Waals surface area contributed by atoms with Crippen LogP contribution in [0.15, 0.2) is 92.0 Å². The van der Waals surface area contributed by atoms with Gasteiger partial charge in [0, 0.05) is 25.0 Å². The third-order valence-corrected chi connectivity index (χ3v) is 6.08. The van der Waals surface area contributed by atoms with Crippen LogP contribution in [0, 0.1) is 6.92 Å². The van der Waals surface area contributed by atoms with Gasteiger partial charge in [0.05, 0.1) is 24.3 Å². The van der Waals surface area contributed by atoms with Crippen molar-refractivity contribution >= 4 is 35.8 Å². The lowest BCUT2D eigenvalue weighted by Gasteiger charge is -2.11. The lowest BCUT2D eigenvalue weighted by molar-refractivity contribution is -0.140. The monoisotopic (exact) mass is 644 g/mol. The molecule has 0 heterocycles. The highest BCUT2D eigenvalue weighted by Crippen LogP contribution is 2.26. The predicted octanol–water partition coefficient (Wildman–Crippen LogP) is 5.26. The van der Waals surface area contributed by atoms with E-state index in [0.29, 0.717) is 5.56 Å². The summed E-state index contributed by atoms with van der Waals surface area (Å²) in [5.41, 5.74) is 0.936. The molecule has 0 aliphatic rings. The van der Waals surface area contributed by atoms with Gasteiger partial charge in [-0.1, -0.05) is 13.2 Å². The van der Waals surface area contributed by atoms with E-state index in [4.69, 9.17) is 28.4 Å². The molecule has 244 valence electrons. The lowest BCUT2D eigenvalue weighted by Crippen LogP contribution is -2.12. The van der Waals surface area contributed by atoms with Crippen molar-refractivity contribution in [2.75, 3.05) is 13.2 Å². The summed E-state index contributed by atoms with van der Waals surface area (Å²) >= 11 is 0. The summed E-state index contributed by atoms with van der Waals surface area (Å²) in [4.78, 5) is 71.3. The van der Waals surface area contributed by atoms with E-state index in [1.165, 1.54) is 66.7 Å². The van der Waals surface area contributed by atoms with E-state index in [9.17, 15) is 28.8 Å². The largest absolute Gasteiger partial charge is 0.463 e. The molecule has 0 N–H and O–H groups in total. The van der Waals surface area contributed by atoms with Crippen molar-refractivity contribution in [3.05, 3.63) is 109 Å². The zero-order valence-electron chi connectivity index (χ0n) is 25.6. The van der Waals surface area contributed by atoms with Crippen molar-refractivity contribution in [3.8, 4) is 23.0 Å². The number of hydrogen-bond donors (Lipinski definition) is 0. The minimum absolute atomic E-state index is 0.0303. The number of aryl methyl sites for hydroxylation is 1. The van der Waals surface area contributed by atoms with Crippen LogP contribution >= 0.6 is 0 Å². The normalized spacial score (nSPS) is 10.1. The fourth-order valence-corrected chi connectivity index (χ4v) is 3.70. The van der Waals surface area contributed by atoms with Gasteiger partial charge in [-0.3, -0.25) is 9.59 Å². The second-order valence-corrected chi connectivity index (χ2v) is 9.65. The summed E-state index contributed by atoms with van der Waals surface area (Å²) in [6.07, 6.45) is 2.70. The molecule has 0 radical (unpaired) electrons. The highest BCUT2D eigenvalue weighted by Gasteiger charge is 2.15. The number of carbonyl (C=O) groups excluding carboxylic acids is 6. The van der Waals surface area contributed by atoms with Crippen molar-refractivity contribution in [2.45, 2.75) is 32.6 Å². The van der Waals surface area contributed by atoms with Crippen molar-refractivity contribution in [1.82, 2.24) is 0 Å². The number of carbonyl (C=O) groups is 6. The number of hydrogen-bond acceptors (Lipinski definition) is 12. The van der Waals surface area contributed by atoms with E-state index in [1.54, 1.807) is 6.92 Å². The van der Waals surface area contributed by atoms with E-state index >= 15 is 0 Å². The molecule has 0 bridgehead atoms. The molecular weight excluding hydrogens is 612 g/mol. The molecule has 0 saturated heterocycles. The standard InChI is InChI=1S/C35H32O12/c1-4-30(36)42-20-6-8-32(38)44-26-14-10-24(11-15-26)34(40)46-28-18-19-29(23(3)22-28)47-35(41)25-12-16-27(17-13-25)45-33(39)9-7-21-43-31(37)5-2/h4-5,10-19,22H,1-2,6-9,20-21H2,3H3. The molecule has 0 aromatic heterocycles. The molecule has 0 spiro atoms. The average molecular weight is 645 g/mol. The van der Waals surface area contributed by atoms with Crippen molar-refractivity contribution < 1.29 is 57.2 Å². The quantitative estimate of drug-likeness (QED) is 0.0863. The smallest absolute Gasteiger partial charge is 0.343 e. The summed E-state index contributed by atoms with van der Waals surface area (Å²) in [5.74, 6) is -2.59. The molecule has 3 rings (SSSR count). The molecule has 0 saturated carbocycles. The number of esters is 6. The fraction of sp³-hybridized carbons (Fsp3) is 0.200. The molecule has 3 aromatic carbocycles. The first kappa shape index (κ1) is 35.4. The van der Waals surface area contributed by atoms with E-state index in [-0.39, 0.29) is 73.0 Å². The summed E-state index contributed by atoms with van der Waals surface area (Å²) in [7, 11) is 0. The van der Waals surface area contributed by atoms with Gasteiger partial charge in [-0.25, -0.2) is 19.2 Å². The van der Waals surface area contributed by atoms with Crippen LogP contribution in [0.2, 0.25) is 0 Å². The first-order chi connectivity index (χ1) is 22.6. The Morgan fingerprint density at radius 2 is 1.00 bits per heavy atom. The Hall–Kier alpha value is -6.04. The molecule has 0 amide bonds. The second kappa shape index (κ2) is 18.1. The Morgan fingerprint density at radius 3 is 1.43 bits per heavy atom. The summed E-state index contributed by atoms with van der Waals surface area (Å²) in [5, 5.41) is 0. The molecule has 0 aliphatic heterocycles. The van der Waals surface area contributed by atoms with Gasteiger partial charge in [0.15, 0.2) is 0 Å². The minimum Gasteiger partial charge on any atom is -0.463 e. The van der Waals surface area contributed by atoms with Crippen LogP contribution in [-0.2, 0) is 28.7 Å². The second-order valence-electron chi connectivity index (χ2n) is 9.65. The van der Waals surface area contributed by atoms with Gasteiger partial charge in [-0.15, -0.1) is 0 Å². The molecular formula is C35H32O12. The Kier molecular flexibility index (Phi) is 13.6. The first-order valence-electron chi connectivity index (χ1n) is 14.3. The van der Waals surface area contributed by atoms with Gasteiger partial charge >= 0.3 is 35.8 Å². The Balaban J connectivity index is 1.46. The van der Waals surface area contributed by atoms with E-state index in [1.807, 2.05) is 0 Å². The maximum atomic E-state index is 12.7. The molecule has 3 aromatic rings. The topological polar surface area (TPSA) is 158 Å². The van der Waals surface area contributed by atoms with Crippen LogP contribution in [-0.4, -0.2) is 49.0 Å². The van der Waals surface area contributed by atoms with Crippen LogP contribution in [0.25, 0.3) is 0 Å². The van der Waals surface area contributed by atoms with Gasteiger partial charge in [-0.2, -0.15) is 0 Å². The number of rotatable bonds is 16. The van der Waals surface area contributed by atoms with E-state index in [2.05, 4.69) is 13.2 Å². The van der Waals surface area contributed by atoms with E-state index < -0.39 is 35.8 Å². The number of benzene rings is 3. The van der Waals surface area contributed by atoms with Gasteiger partial charge in [0.25, 0.3) is 0 Å². The third kappa shape index (κ3) is 12.1. The van der Waals surface area contributed by atoms with Gasteiger partial charge < -0.3 is 28.4 Å². The van der Waals surface area contributed by atoms with Crippen LogP contribution < -0.4 is 18.9 Å². The van der Waals surface area contributed by atoms with Crippen LogP contribution in [0.3, 0.4) is 0 Å². The zero-order chi connectivity index (χ0) is 34.2. The van der Waals surface area contributed by atoms with Crippen molar-refractivity contribution in [1.29, 1.82) is 0 Å². The molecule has 0 atom stereocenters. The molecule has 12 nitrogen and oxygen atoms in total. The predicted molar refractivity (Wildman–Crippen MR) is 166 cm³/mol. The molecule has 12 heteroatoms. The Bertz CT molecular complexity index is 1620. The maximum Gasteiger partial charge on any atom is 0.343 e. The molecule has 47 heavy (non-hydrogen) atoms. The SMILES string of the molecule is C=CC(=O)OCCCC(=O)Oc1ccc(C(=O)Oc2ccc(OC(=O)c3ccc(OC(=O)CCCOC(=O)C=C)cc3)c(C)c2)cc1. The van der Waals surface area contributed by atoms with Crippen LogP contribution in [0.1, 0.15) is 52.0 Å². The van der Waals surface area contributed by atoms with Crippen LogP contribution in [0.5, 0.6) is 23.0 Å². The molecule has 0 fully saturated rings. The Morgan fingerprint density at radius 1 is 0.574 bits per heavy atom. The molecule has 0 unspecified atom stereocenters. The first-order valence-corrected chi connectivity index (χ1v) is 14.3. The van der Waals surface area contributed by atoms with Crippen LogP contribution in [0.4, 0.5) is 0 Å². The maximum absolute atomic E-state index is 12.7. The highest BCUT2D eigenvalue weighted by molar-refractivity contribution is 5.92. The summed E-state index contributed by atoms with van der Waals surface area (Å²) in [6, 6.07) is 16.0. The highest BCUT2D eigenvalue weighted by atomic mass is 16.6. The van der Waals surface area contributed by atoms with Crippen molar-refractivity contribution in [3.63, 3.8) is 0 Å². The third-order valence-electron chi connectivity index (χ3n) is 6.08. The lowest BCUT2D eigenvalue weighted by atomic mass is 10.2.